The molecule has 0 spiro atoms. The fourth-order valence-electron chi connectivity index (χ4n) is 3.84. The highest BCUT2D eigenvalue weighted by Gasteiger charge is 2.38. The number of para-hydroxylation sites is 1. The predicted molar refractivity (Wildman–Crippen MR) is 137 cm³/mol. The molecule has 1 aliphatic heterocycles. The molecule has 37 heavy (non-hydrogen) atoms. The van der Waals surface area contributed by atoms with Crippen LogP contribution in [0.1, 0.15) is 24.0 Å². The molecule has 1 aromatic heterocycles. The average molecular weight is 500 g/mol. The first-order chi connectivity index (χ1) is 17.8. The monoisotopic (exact) mass is 499 g/mol. The molecule has 1 aliphatic rings. The van der Waals surface area contributed by atoms with Crippen molar-refractivity contribution in [1.29, 1.82) is 0 Å². The maximum absolute atomic E-state index is 13.2. The van der Waals surface area contributed by atoms with E-state index >= 15 is 0 Å². The van der Waals surface area contributed by atoms with Gasteiger partial charge in [-0.15, -0.1) is 0 Å². The van der Waals surface area contributed by atoms with Crippen molar-refractivity contribution in [2.45, 2.75) is 20.4 Å². The van der Waals surface area contributed by atoms with Crippen LogP contribution in [-0.4, -0.2) is 30.7 Å². The number of benzene rings is 2. The number of methoxy groups -OCH3 is 1. The summed E-state index contributed by atoms with van der Waals surface area (Å²) in [7, 11) is 1.22. The van der Waals surface area contributed by atoms with Crippen molar-refractivity contribution in [3.8, 4) is 0 Å². The Kier molecular flexibility index (Phi) is 7.34. The topological polar surface area (TPSA) is 118 Å². The summed E-state index contributed by atoms with van der Waals surface area (Å²) >= 11 is 0. The van der Waals surface area contributed by atoms with E-state index in [1.165, 1.54) is 13.2 Å². The maximum atomic E-state index is 13.2. The van der Waals surface area contributed by atoms with Crippen LogP contribution in [0.3, 0.4) is 0 Å². The second-order valence-electron chi connectivity index (χ2n) is 8.29. The Balaban J connectivity index is 1.51. The third kappa shape index (κ3) is 5.51. The zero-order chi connectivity index (χ0) is 26.5. The normalized spacial score (nSPS) is 14.2. The van der Waals surface area contributed by atoms with Gasteiger partial charge in [0.2, 0.25) is 5.78 Å². The Morgan fingerprint density at radius 1 is 0.946 bits per heavy atom. The van der Waals surface area contributed by atoms with Crippen LogP contribution in [0, 0.1) is 6.92 Å². The first-order valence-corrected chi connectivity index (χ1v) is 11.4. The fourth-order valence-corrected chi connectivity index (χ4v) is 3.84. The Labute approximate surface area is 213 Å². The van der Waals surface area contributed by atoms with Gasteiger partial charge in [-0.2, -0.15) is 0 Å². The Bertz CT molecular complexity index is 1420. The standard InChI is InChI=1S/C28H25N3O6/c1-17-9-11-20(12-10-17)31-18(2)24(28(35)36-3)25(32)23(31)15-21-13-14-22(37-21)16-29-26(33)27(34)30-19-7-5-4-6-8-19/h4-15H,16H2,1-3H3,(H,29,33)(H,30,34)/b23-15+. The third-order valence-corrected chi connectivity index (χ3v) is 5.70. The molecule has 0 saturated heterocycles. The highest BCUT2D eigenvalue weighted by molar-refractivity contribution is 6.39. The molecule has 0 radical (unpaired) electrons. The highest BCUT2D eigenvalue weighted by atomic mass is 16.5. The number of nitrogens with zero attached hydrogens (tertiary/aromatic N) is 1. The van der Waals surface area contributed by atoms with Crippen molar-refractivity contribution in [2.24, 2.45) is 0 Å². The molecule has 0 aliphatic carbocycles. The van der Waals surface area contributed by atoms with Crippen molar-refractivity contribution < 1.29 is 28.3 Å². The minimum absolute atomic E-state index is 0.0372. The molecule has 0 atom stereocenters. The third-order valence-electron chi connectivity index (χ3n) is 5.70. The van der Waals surface area contributed by atoms with E-state index in [-0.39, 0.29) is 17.8 Å². The molecular formula is C28H25N3O6. The quantitative estimate of drug-likeness (QED) is 0.230. The zero-order valence-corrected chi connectivity index (χ0v) is 20.5. The van der Waals surface area contributed by atoms with Crippen molar-refractivity contribution >= 4 is 41.0 Å². The number of anilines is 2. The van der Waals surface area contributed by atoms with E-state index in [1.807, 2.05) is 31.2 Å². The van der Waals surface area contributed by atoms with Gasteiger partial charge in [0.15, 0.2) is 0 Å². The van der Waals surface area contributed by atoms with Crippen LogP contribution < -0.4 is 15.5 Å². The smallest absolute Gasteiger partial charge is 0.343 e. The van der Waals surface area contributed by atoms with Gasteiger partial charge in [-0.25, -0.2) is 4.79 Å². The molecule has 0 saturated carbocycles. The second kappa shape index (κ2) is 10.8. The lowest BCUT2D eigenvalue weighted by Crippen LogP contribution is -2.34. The Morgan fingerprint density at radius 3 is 2.32 bits per heavy atom. The number of aryl methyl sites for hydroxylation is 1. The molecule has 0 bridgehead atoms. The number of carbonyl (C=O) groups excluding carboxylic acids is 4. The molecule has 9 nitrogen and oxygen atoms in total. The number of ketones is 1. The van der Waals surface area contributed by atoms with E-state index in [0.29, 0.717) is 28.6 Å². The molecule has 0 unspecified atom stereocenters. The molecule has 3 aromatic rings. The summed E-state index contributed by atoms with van der Waals surface area (Å²) in [5.74, 6) is -2.13. The maximum Gasteiger partial charge on any atom is 0.343 e. The predicted octanol–water partition coefficient (Wildman–Crippen LogP) is 3.72. The van der Waals surface area contributed by atoms with E-state index in [0.717, 1.165) is 5.56 Å². The molecule has 2 aromatic carbocycles. The van der Waals surface area contributed by atoms with Crippen LogP contribution in [0.4, 0.5) is 11.4 Å². The number of hydrogen-bond acceptors (Lipinski definition) is 7. The first-order valence-electron chi connectivity index (χ1n) is 11.4. The van der Waals surface area contributed by atoms with Gasteiger partial charge in [0, 0.05) is 23.1 Å². The second-order valence-corrected chi connectivity index (χ2v) is 8.29. The van der Waals surface area contributed by atoms with Crippen LogP contribution in [-0.2, 0) is 30.5 Å². The SMILES string of the molecule is COC(=O)C1=C(C)N(c2ccc(C)cc2)/C(=C/c2ccc(CNC(=O)C(=O)Nc3ccccc3)o2)C1=O. The largest absolute Gasteiger partial charge is 0.465 e. The molecule has 2 heterocycles. The van der Waals surface area contributed by atoms with Crippen LogP contribution in [0.2, 0.25) is 0 Å². The number of allylic oxidation sites excluding steroid dienone is 2. The molecular weight excluding hydrogens is 474 g/mol. The summed E-state index contributed by atoms with van der Waals surface area (Å²) in [4.78, 5) is 51.5. The summed E-state index contributed by atoms with van der Waals surface area (Å²) in [5, 5.41) is 5.00. The fraction of sp³-hybridized carbons (Fsp3) is 0.143. The van der Waals surface area contributed by atoms with E-state index in [2.05, 4.69) is 10.6 Å². The number of nitrogens with one attached hydrogen (secondary N) is 2. The van der Waals surface area contributed by atoms with Crippen molar-refractivity contribution in [1.82, 2.24) is 5.32 Å². The van der Waals surface area contributed by atoms with Crippen molar-refractivity contribution in [3.05, 3.63) is 101 Å². The summed E-state index contributed by atoms with van der Waals surface area (Å²) < 4.78 is 10.6. The van der Waals surface area contributed by atoms with Gasteiger partial charge in [-0.3, -0.25) is 14.4 Å². The lowest BCUT2D eigenvalue weighted by molar-refractivity contribution is -0.137. The van der Waals surface area contributed by atoms with Gasteiger partial charge in [0.05, 0.1) is 19.4 Å². The lowest BCUT2D eigenvalue weighted by atomic mass is 10.1. The van der Waals surface area contributed by atoms with Crippen LogP contribution in [0.15, 0.2) is 88.1 Å². The minimum Gasteiger partial charge on any atom is -0.465 e. The van der Waals surface area contributed by atoms with Crippen LogP contribution in [0.25, 0.3) is 6.08 Å². The number of hydrogen-bond donors (Lipinski definition) is 2. The zero-order valence-electron chi connectivity index (χ0n) is 20.5. The molecule has 9 heteroatoms. The molecule has 188 valence electrons. The van der Waals surface area contributed by atoms with Gasteiger partial charge in [0.1, 0.15) is 17.1 Å². The number of rotatable bonds is 6. The van der Waals surface area contributed by atoms with Gasteiger partial charge >= 0.3 is 17.8 Å². The van der Waals surface area contributed by atoms with Gasteiger partial charge in [0.25, 0.3) is 0 Å². The number of Topliss-reactive ketones (excluding diaryl/α,β-unsaturated/α-hetero) is 1. The molecule has 2 amide bonds. The van der Waals surface area contributed by atoms with Crippen LogP contribution in [0.5, 0.6) is 0 Å². The molecule has 2 N–H and O–H groups in total. The summed E-state index contributed by atoms with van der Waals surface area (Å²) in [6.07, 6.45) is 1.52. The summed E-state index contributed by atoms with van der Waals surface area (Å²) in [6.45, 7) is 3.59. The number of carbonyl (C=O) groups is 4. The average Bonchev–Trinajstić information content (AvgIpc) is 3.45. The van der Waals surface area contributed by atoms with E-state index in [1.54, 1.807) is 54.3 Å². The summed E-state index contributed by atoms with van der Waals surface area (Å²) in [6, 6.07) is 19.4. The van der Waals surface area contributed by atoms with E-state index in [4.69, 9.17) is 9.15 Å². The first kappa shape index (κ1) is 25.2. The van der Waals surface area contributed by atoms with Gasteiger partial charge in [-0.1, -0.05) is 35.9 Å². The van der Waals surface area contributed by atoms with E-state index < -0.39 is 23.6 Å². The number of amides is 2. The lowest BCUT2D eigenvalue weighted by Gasteiger charge is -2.21. The number of furan rings is 1. The summed E-state index contributed by atoms with van der Waals surface area (Å²) in [5.41, 5.74) is 2.85. The highest BCUT2D eigenvalue weighted by Crippen LogP contribution is 2.35. The number of ether oxygens (including phenoxy) is 1. The van der Waals surface area contributed by atoms with Gasteiger partial charge in [-0.05, 0) is 50.2 Å². The Morgan fingerprint density at radius 2 is 1.65 bits per heavy atom. The van der Waals surface area contributed by atoms with Crippen molar-refractivity contribution in [3.63, 3.8) is 0 Å². The minimum atomic E-state index is -0.820. The Hall–Kier alpha value is -4.92. The van der Waals surface area contributed by atoms with E-state index in [9.17, 15) is 19.2 Å². The van der Waals surface area contributed by atoms with Crippen molar-refractivity contribution in [2.75, 3.05) is 17.3 Å². The van der Waals surface area contributed by atoms with Gasteiger partial charge < -0.3 is 24.7 Å². The number of esters is 1. The molecule has 4 rings (SSSR count). The van der Waals surface area contributed by atoms with Crippen LogP contribution >= 0.6 is 0 Å². The molecule has 0 fully saturated rings.